The SMILES string of the molecule is C=CCc1ccc(OCCCn2c(C3CC(=O)N(c4ccccc4OC)C3)nc3ccccc32)c(OC)c1. The van der Waals surface area contributed by atoms with Crippen LogP contribution in [0.2, 0.25) is 0 Å². The van der Waals surface area contributed by atoms with Gasteiger partial charge in [0.2, 0.25) is 5.91 Å². The van der Waals surface area contributed by atoms with Crippen LogP contribution < -0.4 is 19.1 Å². The van der Waals surface area contributed by atoms with Crippen LogP contribution in [0.1, 0.15) is 30.1 Å². The molecule has 1 saturated heterocycles. The number of aryl methyl sites for hydroxylation is 1. The first-order valence-corrected chi connectivity index (χ1v) is 12.9. The predicted molar refractivity (Wildman–Crippen MR) is 149 cm³/mol. The number of ether oxygens (including phenoxy) is 3. The summed E-state index contributed by atoms with van der Waals surface area (Å²) in [5.41, 5.74) is 3.93. The third kappa shape index (κ3) is 5.09. The summed E-state index contributed by atoms with van der Waals surface area (Å²) in [4.78, 5) is 19.9. The number of benzene rings is 3. The highest BCUT2D eigenvalue weighted by molar-refractivity contribution is 5.97. The van der Waals surface area contributed by atoms with Gasteiger partial charge in [0, 0.05) is 25.4 Å². The quantitative estimate of drug-likeness (QED) is 0.189. The number of methoxy groups -OCH3 is 2. The van der Waals surface area contributed by atoms with Crippen molar-refractivity contribution in [2.45, 2.75) is 31.7 Å². The van der Waals surface area contributed by atoms with Gasteiger partial charge in [-0.25, -0.2) is 4.98 Å². The van der Waals surface area contributed by atoms with Crippen LogP contribution in [0.3, 0.4) is 0 Å². The Morgan fingerprint density at radius 1 is 1.00 bits per heavy atom. The van der Waals surface area contributed by atoms with Gasteiger partial charge in [-0.2, -0.15) is 0 Å². The molecule has 0 radical (unpaired) electrons. The molecule has 2 heterocycles. The van der Waals surface area contributed by atoms with Gasteiger partial charge in [0.1, 0.15) is 11.6 Å². The fourth-order valence-electron chi connectivity index (χ4n) is 5.14. The van der Waals surface area contributed by atoms with Crippen molar-refractivity contribution in [3.63, 3.8) is 0 Å². The average molecular weight is 512 g/mol. The second-order valence-electron chi connectivity index (χ2n) is 9.37. The van der Waals surface area contributed by atoms with Crippen LogP contribution >= 0.6 is 0 Å². The summed E-state index contributed by atoms with van der Waals surface area (Å²) in [7, 11) is 3.28. The molecule has 0 spiro atoms. The van der Waals surface area contributed by atoms with Gasteiger partial charge >= 0.3 is 0 Å². The van der Waals surface area contributed by atoms with Crippen LogP contribution in [0.15, 0.2) is 79.4 Å². The summed E-state index contributed by atoms with van der Waals surface area (Å²) < 4.78 is 19.4. The van der Waals surface area contributed by atoms with Gasteiger partial charge in [-0.3, -0.25) is 4.79 Å². The molecule has 3 aromatic carbocycles. The number of nitrogens with zero attached hydrogens (tertiary/aromatic N) is 3. The Hall–Kier alpha value is -4.26. The second kappa shape index (κ2) is 11.4. The molecular weight excluding hydrogens is 478 g/mol. The van der Waals surface area contributed by atoms with E-state index < -0.39 is 0 Å². The predicted octanol–water partition coefficient (Wildman–Crippen LogP) is 5.77. The van der Waals surface area contributed by atoms with Crippen LogP contribution in [0, 0.1) is 0 Å². The molecule has 38 heavy (non-hydrogen) atoms. The number of fused-ring (bicyclic) bond motifs is 1. The molecule has 1 aliphatic heterocycles. The Morgan fingerprint density at radius 2 is 1.79 bits per heavy atom. The largest absolute Gasteiger partial charge is 0.495 e. The fourth-order valence-corrected chi connectivity index (χ4v) is 5.14. The van der Waals surface area contributed by atoms with Crippen molar-refractivity contribution >= 4 is 22.6 Å². The molecule has 1 fully saturated rings. The summed E-state index contributed by atoms with van der Waals surface area (Å²) in [5, 5.41) is 0. The summed E-state index contributed by atoms with van der Waals surface area (Å²) in [6, 6.07) is 21.8. The molecular formula is C31H33N3O4. The van der Waals surface area contributed by atoms with E-state index in [0.717, 1.165) is 59.0 Å². The molecule has 1 unspecified atom stereocenters. The number of imidazole rings is 1. The first-order chi connectivity index (χ1) is 18.6. The van der Waals surface area contributed by atoms with Crippen molar-refractivity contribution in [2.24, 2.45) is 0 Å². The Morgan fingerprint density at radius 3 is 2.61 bits per heavy atom. The number of amides is 1. The Balaban J connectivity index is 1.33. The third-order valence-corrected chi connectivity index (χ3v) is 6.94. The van der Waals surface area contributed by atoms with Gasteiger partial charge < -0.3 is 23.7 Å². The lowest BCUT2D eigenvalue weighted by molar-refractivity contribution is -0.117. The number of aromatic nitrogens is 2. The van der Waals surface area contributed by atoms with E-state index in [-0.39, 0.29) is 11.8 Å². The van der Waals surface area contributed by atoms with E-state index in [1.807, 2.05) is 71.6 Å². The number of allylic oxidation sites excluding steroid dienone is 1. The average Bonchev–Trinajstić information content (AvgIpc) is 3.52. The monoisotopic (exact) mass is 511 g/mol. The Bertz CT molecular complexity index is 1440. The normalized spacial score (nSPS) is 15.2. The van der Waals surface area contributed by atoms with Crippen LogP contribution in [0.25, 0.3) is 11.0 Å². The van der Waals surface area contributed by atoms with Gasteiger partial charge in [0.15, 0.2) is 11.5 Å². The summed E-state index contributed by atoms with van der Waals surface area (Å²) in [5.74, 6) is 3.14. The molecule has 5 rings (SSSR count). The molecule has 1 aliphatic rings. The first-order valence-electron chi connectivity index (χ1n) is 12.9. The van der Waals surface area contributed by atoms with E-state index in [1.165, 1.54) is 0 Å². The molecule has 0 saturated carbocycles. The lowest BCUT2D eigenvalue weighted by Crippen LogP contribution is -2.25. The lowest BCUT2D eigenvalue weighted by Gasteiger charge is -2.20. The fraction of sp³-hybridized carbons (Fsp3) is 0.290. The van der Waals surface area contributed by atoms with Gasteiger partial charge in [0.05, 0.1) is 37.5 Å². The highest BCUT2D eigenvalue weighted by atomic mass is 16.5. The molecule has 196 valence electrons. The minimum atomic E-state index is -0.0155. The maximum atomic E-state index is 13.1. The molecule has 0 aliphatic carbocycles. The lowest BCUT2D eigenvalue weighted by atomic mass is 10.1. The van der Waals surface area contributed by atoms with Crippen molar-refractivity contribution in [1.82, 2.24) is 9.55 Å². The van der Waals surface area contributed by atoms with Crippen molar-refractivity contribution in [3.8, 4) is 17.2 Å². The van der Waals surface area contributed by atoms with Crippen molar-refractivity contribution in [2.75, 3.05) is 32.3 Å². The zero-order valence-electron chi connectivity index (χ0n) is 21.9. The van der Waals surface area contributed by atoms with Crippen molar-refractivity contribution in [1.29, 1.82) is 0 Å². The summed E-state index contributed by atoms with van der Waals surface area (Å²) in [6.07, 6.45) is 3.84. The smallest absolute Gasteiger partial charge is 0.227 e. The number of rotatable bonds is 11. The van der Waals surface area contributed by atoms with Crippen LogP contribution in [-0.4, -0.2) is 42.8 Å². The molecule has 1 atom stereocenters. The van der Waals surface area contributed by atoms with Crippen molar-refractivity contribution < 1.29 is 19.0 Å². The van der Waals surface area contributed by atoms with E-state index >= 15 is 0 Å². The number of hydrogen-bond donors (Lipinski definition) is 0. The van der Waals surface area contributed by atoms with Crippen LogP contribution in [0.5, 0.6) is 17.2 Å². The zero-order chi connectivity index (χ0) is 26.5. The number of hydrogen-bond acceptors (Lipinski definition) is 5. The number of carbonyl (C=O) groups is 1. The molecule has 7 heteroatoms. The zero-order valence-corrected chi connectivity index (χ0v) is 21.9. The minimum Gasteiger partial charge on any atom is -0.495 e. The number of para-hydroxylation sites is 4. The molecule has 4 aromatic rings. The van der Waals surface area contributed by atoms with E-state index in [0.29, 0.717) is 25.3 Å². The van der Waals surface area contributed by atoms with E-state index in [4.69, 9.17) is 19.2 Å². The second-order valence-corrected chi connectivity index (χ2v) is 9.37. The van der Waals surface area contributed by atoms with E-state index in [9.17, 15) is 4.79 Å². The summed E-state index contributed by atoms with van der Waals surface area (Å²) >= 11 is 0. The molecule has 0 bridgehead atoms. The molecule has 1 amide bonds. The maximum absolute atomic E-state index is 13.1. The maximum Gasteiger partial charge on any atom is 0.227 e. The minimum absolute atomic E-state index is 0.0155. The van der Waals surface area contributed by atoms with Gasteiger partial charge in [-0.15, -0.1) is 6.58 Å². The third-order valence-electron chi connectivity index (χ3n) is 6.94. The topological polar surface area (TPSA) is 65.8 Å². The number of anilines is 1. The first kappa shape index (κ1) is 25.4. The van der Waals surface area contributed by atoms with Gasteiger partial charge in [0.25, 0.3) is 0 Å². The molecule has 7 nitrogen and oxygen atoms in total. The van der Waals surface area contributed by atoms with Gasteiger partial charge in [-0.05, 0) is 54.8 Å². The molecule has 1 aromatic heterocycles. The number of carbonyl (C=O) groups excluding carboxylic acids is 1. The summed E-state index contributed by atoms with van der Waals surface area (Å²) in [6.45, 7) is 5.62. The van der Waals surface area contributed by atoms with E-state index in [1.54, 1.807) is 14.2 Å². The highest BCUT2D eigenvalue weighted by Gasteiger charge is 2.35. The Kier molecular flexibility index (Phi) is 7.63. The standard InChI is InChI=1S/C31H33N3O4/c1-4-10-22-15-16-28(29(19-22)37-3)38-18-9-17-33-25-12-6-5-11-24(25)32-31(33)23-20-30(35)34(21-23)26-13-7-8-14-27(26)36-2/h4-8,11-16,19,23H,1,9-10,17-18,20-21H2,2-3H3. The van der Waals surface area contributed by atoms with Crippen molar-refractivity contribution in [3.05, 3.63) is 90.8 Å². The van der Waals surface area contributed by atoms with Crippen LogP contribution in [0.4, 0.5) is 5.69 Å². The Labute approximate surface area is 223 Å². The van der Waals surface area contributed by atoms with Gasteiger partial charge in [-0.1, -0.05) is 36.4 Å². The molecule has 0 N–H and O–H groups in total. The van der Waals surface area contributed by atoms with Crippen LogP contribution in [-0.2, 0) is 17.8 Å². The highest BCUT2D eigenvalue weighted by Crippen LogP contribution is 2.37. The van der Waals surface area contributed by atoms with E-state index in [2.05, 4.69) is 17.2 Å².